The fraction of sp³-hybridized carbons (Fsp3) is 0.429. The van der Waals surface area contributed by atoms with Crippen molar-refractivity contribution in [3.8, 4) is 0 Å². The van der Waals surface area contributed by atoms with Gasteiger partial charge in [-0.25, -0.2) is 13.2 Å². The summed E-state index contributed by atoms with van der Waals surface area (Å²) in [6.07, 6.45) is 4.91. The van der Waals surface area contributed by atoms with Gasteiger partial charge >= 0.3 is 5.97 Å². The lowest BCUT2D eigenvalue weighted by Gasteiger charge is -2.30. The molecule has 1 amide bonds. The Labute approximate surface area is 271 Å². The van der Waals surface area contributed by atoms with Crippen molar-refractivity contribution in [1.82, 2.24) is 15.6 Å². The number of nitrogens with zero attached hydrogens (tertiary/aromatic N) is 1. The lowest BCUT2D eigenvalue weighted by Crippen LogP contribution is -2.49. The quantitative estimate of drug-likeness (QED) is 0.225. The van der Waals surface area contributed by atoms with Crippen LogP contribution in [0.2, 0.25) is 0 Å². The maximum Gasteiger partial charge on any atom is 0.305 e. The van der Waals surface area contributed by atoms with Gasteiger partial charge in [-0.2, -0.15) is 0 Å². The number of ketones is 1. The number of amides is 1. The van der Waals surface area contributed by atoms with Crippen molar-refractivity contribution in [1.29, 1.82) is 0 Å². The highest BCUT2D eigenvalue weighted by molar-refractivity contribution is 5.87. The minimum atomic E-state index is -1.08. The van der Waals surface area contributed by atoms with Gasteiger partial charge in [0.15, 0.2) is 5.78 Å². The molecule has 0 unspecified atom stereocenters. The Kier molecular flexibility index (Phi) is 11.7. The van der Waals surface area contributed by atoms with E-state index in [0.717, 1.165) is 12.6 Å². The number of pyridine rings is 1. The van der Waals surface area contributed by atoms with E-state index in [2.05, 4.69) is 15.6 Å². The zero-order valence-electron chi connectivity index (χ0n) is 25.9. The molecule has 2 fully saturated rings. The molecule has 0 radical (unpaired) electrons. The number of carbonyl (C=O) groups is 3. The van der Waals surface area contributed by atoms with Crippen LogP contribution in [0.15, 0.2) is 60.9 Å². The van der Waals surface area contributed by atoms with Gasteiger partial charge in [-0.3, -0.25) is 19.4 Å². The third-order valence-corrected chi connectivity index (χ3v) is 8.76. The monoisotopic (exact) mass is 652 g/mol. The topological polar surface area (TPSA) is 133 Å². The van der Waals surface area contributed by atoms with Crippen LogP contribution in [-0.4, -0.2) is 66.6 Å². The second-order valence-corrected chi connectivity index (χ2v) is 12.1. The van der Waals surface area contributed by atoms with Crippen molar-refractivity contribution in [3.05, 3.63) is 101 Å². The van der Waals surface area contributed by atoms with Gasteiger partial charge in [0.05, 0.1) is 31.0 Å². The molecule has 0 spiro atoms. The van der Waals surface area contributed by atoms with E-state index < -0.39 is 29.4 Å². The molecule has 5 rings (SSSR count). The Balaban J connectivity index is 1.14. The van der Waals surface area contributed by atoms with E-state index in [4.69, 9.17) is 15.2 Å². The van der Waals surface area contributed by atoms with E-state index in [1.807, 2.05) is 0 Å². The smallest absolute Gasteiger partial charge is 0.305 e. The molecule has 4 N–H and O–H groups in total. The second-order valence-electron chi connectivity index (χ2n) is 12.1. The number of benzene rings is 2. The van der Waals surface area contributed by atoms with Crippen molar-refractivity contribution in [2.24, 2.45) is 5.73 Å². The van der Waals surface area contributed by atoms with E-state index in [1.54, 1.807) is 0 Å². The van der Waals surface area contributed by atoms with Crippen LogP contribution in [0.4, 0.5) is 13.2 Å². The molecule has 47 heavy (non-hydrogen) atoms. The van der Waals surface area contributed by atoms with E-state index in [9.17, 15) is 23.2 Å². The Morgan fingerprint density at radius 1 is 0.979 bits per heavy atom. The molecule has 2 saturated heterocycles. The van der Waals surface area contributed by atoms with Crippen LogP contribution in [0.25, 0.3) is 0 Å². The number of carbonyl (C=O) groups excluding carboxylic acids is 3. The fourth-order valence-electron chi connectivity index (χ4n) is 6.09. The van der Waals surface area contributed by atoms with E-state index in [0.29, 0.717) is 54.7 Å². The molecule has 2 aromatic carbocycles. The zero-order chi connectivity index (χ0) is 33.3. The van der Waals surface area contributed by atoms with E-state index in [1.165, 1.54) is 54.7 Å². The summed E-state index contributed by atoms with van der Waals surface area (Å²) in [6, 6.07) is 10.0. The molecule has 3 heterocycles. The lowest BCUT2D eigenvalue weighted by atomic mass is 9.82. The first-order chi connectivity index (χ1) is 22.7. The number of aromatic nitrogens is 1. The van der Waals surface area contributed by atoms with E-state index in [-0.39, 0.29) is 61.7 Å². The van der Waals surface area contributed by atoms with Crippen molar-refractivity contribution in [2.75, 3.05) is 19.8 Å². The normalized spacial score (nSPS) is 20.2. The van der Waals surface area contributed by atoms with Crippen molar-refractivity contribution >= 4 is 17.7 Å². The Bertz CT molecular complexity index is 1490. The first-order valence-electron chi connectivity index (χ1n) is 15.9. The summed E-state index contributed by atoms with van der Waals surface area (Å²) in [5.41, 5.74) is 8.44. The van der Waals surface area contributed by atoms with Gasteiger partial charge < -0.3 is 25.8 Å². The van der Waals surface area contributed by atoms with Crippen LogP contribution in [0.5, 0.6) is 0 Å². The second kappa shape index (κ2) is 16.1. The number of nitrogens with one attached hydrogen (secondary N) is 2. The third kappa shape index (κ3) is 9.46. The van der Waals surface area contributed by atoms with Crippen LogP contribution in [-0.2, 0) is 36.7 Å². The van der Waals surface area contributed by atoms with Gasteiger partial charge in [0.2, 0.25) is 5.91 Å². The van der Waals surface area contributed by atoms with Gasteiger partial charge in [0.1, 0.15) is 24.1 Å². The number of Topliss-reactive ketones (excluding diaryl/α,β-unsaturated/α-hetero) is 1. The number of hydrogen-bond acceptors (Lipinski definition) is 8. The fourth-order valence-corrected chi connectivity index (χ4v) is 6.09. The molecule has 0 saturated carbocycles. The van der Waals surface area contributed by atoms with Crippen molar-refractivity contribution in [2.45, 2.75) is 75.1 Å². The average molecular weight is 653 g/mol. The van der Waals surface area contributed by atoms with Gasteiger partial charge in [-0.1, -0.05) is 24.3 Å². The Morgan fingerprint density at radius 2 is 1.66 bits per heavy atom. The van der Waals surface area contributed by atoms with Crippen LogP contribution in [0.1, 0.15) is 60.3 Å². The Morgan fingerprint density at radius 3 is 2.26 bits per heavy atom. The number of hydrogen-bond donors (Lipinski definition) is 3. The number of morpholine rings is 1. The zero-order valence-corrected chi connectivity index (χ0v) is 25.9. The molecule has 1 aromatic heterocycles. The maximum atomic E-state index is 15.0. The lowest BCUT2D eigenvalue weighted by molar-refractivity contribution is -0.146. The predicted octanol–water partition coefficient (Wildman–Crippen LogP) is 3.66. The van der Waals surface area contributed by atoms with Crippen LogP contribution in [0, 0.1) is 17.5 Å². The summed E-state index contributed by atoms with van der Waals surface area (Å²) < 4.78 is 53.7. The molecule has 0 bridgehead atoms. The molecular formula is C35H39F3N4O5. The Hall–Kier alpha value is -4.13. The number of halogens is 3. The molecule has 2 aliphatic rings. The van der Waals surface area contributed by atoms with Gasteiger partial charge in [0, 0.05) is 44.0 Å². The molecule has 3 aromatic rings. The summed E-state index contributed by atoms with van der Waals surface area (Å²) >= 11 is 0. The highest BCUT2D eigenvalue weighted by atomic mass is 19.1. The first-order valence-corrected chi connectivity index (χ1v) is 15.9. The van der Waals surface area contributed by atoms with Crippen LogP contribution < -0.4 is 16.4 Å². The number of esters is 1. The SMILES string of the molecule is N[C@H](C(=O)Cc1cncc(F)c1CC[C@@H]1CN[C@H](COC(=O)CC[C@@H]2CCC(=O)N2)CO1)C(c1ccc(F)cc1)c1ccc(F)cc1. The largest absolute Gasteiger partial charge is 0.464 e. The standard InChI is InChI=1S/C35H39F3N4O5/c36-24-5-1-21(2-6-24)34(22-3-7-25(37)8-4-22)35(39)31(43)15-23-16-40-18-30(38)29(23)12-11-28-17-41-27(19-46-28)20-47-33(45)14-10-26-9-13-32(44)42-26/h1-8,16,18,26-28,34-35,41H,9-15,17,19-20,39H2,(H,42,44)/t26-,27-,28+,35+/m0/s1. The summed E-state index contributed by atoms with van der Waals surface area (Å²) in [7, 11) is 0. The molecule has 250 valence electrons. The molecule has 2 aliphatic heterocycles. The highest BCUT2D eigenvalue weighted by Gasteiger charge is 2.30. The molecule has 9 nitrogen and oxygen atoms in total. The summed E-state index contributed by atoms with van der Waals surface area (Å²) in [6.45, 7) is 0.938. The molecule has 0 aliphatic carbocycles. The third-order valence-electron chi connectivity index (χ3n) is 8.76. The van der Waals surface area contributed by atoms with Crippen molar-refractivity contribution in [3.63, 3.8) is 0 Å². The summed E-state index contributed by atoms with van der Waals surface area (Å²) in [4.78, 5) is 41.0. The molecular weight excluding hydrogens is 613 g/mol. The van der Waals surface area contributed by atoms with Crippen LogP contribution >= 0.6 is 0 Å². The number of rotatable bonds is 14. The van der Waals surface area contributed by atoms with Crippen molar-refractivity contribution < 1.29 is 37.0 Å². The number of nitrogens with two attached hydrogens (primary N) is 1. The molecule has 4 atom stereocenters. The first kappa shape index (κ1) is 34.2. The van der Waals surface area contributed by atoms with E-state index >= 15 is 4.39 Å². The van der Waals surface area contributed by atoms with Crippen LogP contribution in [0.3, 0.4) is 0 Å². The molecule has 12 heteroatoms. The predicted molar refractivity (Wildman–Crippen MR) is 167 cm³/mol. The van der Waals surface area contributed by atoms with Gasteiger partial charge in [-0.05, 0) is 72.2 Å². The minimum Gasteiger partial charge on any atom is -0.464 e. The maximum absolute atomic E-state index is 15.0. The minimum absolute atomic E-state index is 0.0113. The number of ether oxygens (including phenoxy) is 2. The van der Waals surface area contributed by atoms with Gasteiger partial charge in [0.25, 0.3) is 0 Å². The summed E-state index contributed by atoms with van der Waals surface area (Å²) in [5, 5.41) is 6.14. The highest BCUT2D eigenvalue weighted by Crippen LogP contribution is 2.29. The average Bonchev–Trinajstić information content (AvgIpc) is 3.49. The van der Waals surface area contributed by atoms with Gasteiger partial charge in [-0.15, -0.1) is 0 Å². The summed E-state index contributed by atoms with van der Waals surface area (Å²) in [5.74, 6) is -2.80.